The fourth-order valence-electron chi connectivity index (χ4n) is 1.53. The number of hydrogen-bond donors (Lipinski definition) is 1. The van der Waals surface area contributed by atoms with E-state index in [9.17, 15) is 8.78 Å². The Balaban J connectivity index is 2.67. The Bertz CT molecular complexity index is 334. The Morgan fingerprint density at radius 2 is 2.00 bits per heavy atom. The minimum absolute atomic E-state index is 0.0694. The Morgan fingerprint density at radius 3 is 2.65 bits per heavy atom. The highest BCUT2D eigenvalue weighted by atomic mass is 19.3. The largest absolute Gasteiger partial charge is 0.434 e. The smallest absolute Gasteiger partial charge is 0.387 e. The van der Waals surface area contributed by atoms with Crippen molar-refractivity contribution < 1.29 is 18.3 Å². The van der Waals surface area contributed by atoms with Gasteiger partial charge in [0, 0.05) is 25.3 Å². The molecule has 0 heterocycles. The summed E-state index contributed by atoms with van der Waals surface area (Å²) in [7, 11) is 1.61. The molecule has 1 N–H and O–H groups in total. The second-order valence-corrected chi connectivity index (χ2v) is 3.58. The molecule has 0 spiro atoms. The lowest BCUT2D eigenvalue weighted by Gasteiger charge is -2.17. The molecule has 0 aliphatic heterocycles. The van der Waals surface area contributed by atoms with Crippen LogP contribution in [0.1, 0.15) is 18.5 Å². The van der Waals surface area contributed by atoms with Crippen molar-refractivity contribution >= 4 is 0 Å². The zero-order chi connectivity index (χ0) is 12.7. The first-order valence-electron chi connectivity index (χ1n) is 5.41. The van der Waals surface area contributed by atoms with Crippen molar-refractivity contribution in [3.05, 3.63) is 29.8 Å². The number of alkyl halides is 2. The molecule has 1 aromatic carbocycles. The second-order valence-electron chi connectivity index (χ2n) is 3.58. The lowest BCUT2D eigenvalue weighted by molar-refractivity contribution is -0.0506. The van der Waals surface area contributed by atoms with Gasteiger partial charge in [0.05, 0.1) is 6.61 Å². The third kappa shape index (κ3) is 4.66. The number of hydrogen-bond acceptors (Lipinski definition) is 3. The van der Waals surface area contributed by atoms with Crippen molar-refractivity contribution in [2.24, 2.45) is 0 Å². The van der Waals surface area contributed by atoms with Crippen molar-refractivity contribution in [2.45, 2.75) is 19.6 Å². The summed E-state index contributed by atoms with van der Waals surface area (Å²) in [5, 5.41) is 3.16. The summed E-state index contributed by atoms with van der Waals surface area (Å²) < 4.78 is 33.8. The number of ether oxygens (including phenoxy) is 2. The van der Waals surface area contributed by atoms with E-state index in [-0.39, 0.29) is 11.8 Å². The van der Waals surface area contributed by atoms with Gasteiger partial charge < -0.3 is 14.8 Å². The highest BCUT2D eigenvalue weighted by Crippen LogP contribution is 2.25. The van der Waals surface area contributed by atoms with Gasteiger partial charge in [-0.25, -0.2) is 0 Å². The maximum atomic E-state index is 12.2. The Labute approximate surface area is 99.7 Å². The van der Waals surface area contributed by atoms with Crippen LogP contribution in [0.2, 0.25) is 0 Å². The van der Waals surface area contributed by atoms with E-state index in [1.807, 2.05) is 6.92 Å². The molecule has 0 saturated carbocycles. The molecule has 0 bridgehead atoms. The number of halogens is 2. The number of methoxy groups -OCH3 is 1. The van der Waals surface area contributed by atoms with Crippen LogP contribution in [-0.4, -0.2) is 26.9 Å². The first kappa shape index (κ1) is 13.9. The van der Waals surface area contributed by atoms with E-state index in [4.69, 9.17) is 4.74 Å². The Morgan fingerprint density at radius 1 is 1.29 bits per heavy atom. The number of para-hydroxylation sites is 1. The number of benzene rings is 1. The first-order chi connectivity index (χ1) is 8.15. The molecule has 96 valence electrons. The zero-order valence-electron chi connectivity index (χ0n) is 9.95. The van der Waals surface area contributed by atoms with E-state index in [1.165, 1.54) is 6.07 Å². The predicted molar refractivity (Wildman–Crippen MR) is 61.4 cm³/mol. The van der Waals surface area contributed by atoms with Crippen LogP contribution in [0.5, 0.6) is 5.75 Å². The van der Waals surface area contributed by atoms with E-state index in [0.29, 0.717) is 18.7 Å². The average Bonchev–Trinajstić information content (AvgIpc) is 2.29. The lowest BCUT2D eigenvalue weighted by Crippen LogP contribution is -2.23. The quantitative estimate of drug-likeness (QED) is 0.749. The molecule has 0 radical (unpaired) electrons. The van der Waals surface area contributed by atoms with Crippen LogP contribution in [0.15, 0.2) is 24.3 Å². The molecular formula is C12H17F2NO2. The molecule has 1 rings (SSSR count). The maximum absolute atomic E-state index is 12.2. The highest BCUT2D eigenvalue weighted by molar-refractivity contribution is 5.35. The number of nitrogens with one attached hydrogen (secondary N) is 1. The van der Waals surface area contributed by atoms with E-state index in [0.717, 1.165) is 0 Å². The van der Waals surface area contributed by atoms with Gasteiger partial charge in [0.2, 0.25) is 0 Å². The molecule has 0 aliphatic rings. The monoisotopic (exact) mass is 245 g/mol. The van der Waals surface area contributed by atoms with Crippen LogP contribution in [0.3, 0.4) is 0 Å². The SMILES string of the molecule is COCCNC(C)c1ccccc1OC(F)F. The van der Waals surface area contributed by atoms with Gasteiger partial charge in [-0.1, -0.05) is 18.2 Å². The average molecular weight is 245 g/mol. The molecule has 5 heteroatoms. The van der Waals surface area contributed by atoms with Crippen LogP contribution in [0, 0.1) is 0 Å². The summed E-state index contributed by atoms with van der Waals surface area (Å²) in [5.41, 5.74) is 0.712. The van der Waals surface area contributed by atoms with Crippen LogP contribution in [-0.2, 0) is 4.74 Å². The predicted octanol–water partition coefficient (Wildman–Crippen LogP) is 2.59. The molecule has 0 saturated heterocycles. The third-order valence-corrected chi connectivity index (χ3v) is 2.36. The summed E-state index contributed by atoms with van der Waals surface area (Å²) in [6.45, 7) is 0.314. The topological polar surface area (TPSA) is 30.5 Å². The molecule has 1 atom stereocenters. The summed E-state index contributed by atoms with van der Waals surface area (Å²) in [6.07, 6.45) is 0. The van der Waals surface area contributed by atoms with Crippen LogP contribution < -0.4 is 10.1 Å². The molecule has 3 nitrogen and oxygen atoms in total. The fourth-order valence-corrected chi connectivity index (χ4v) is 1.53. The molecule has 0 fully saturated rings. The Kier molecular flexibility index (Phi) is 5.86. The third-order valence-electron chi connectivity index (χ3n) is 2.36. The van der Waals surface area contributed by atoms with E-state index < -0.39 is 6.61 Å². The molecule has 1 unspecified atom stereocenters. The van der Waals surface area contributed by atoms with Gasteiger partial charge >= 0.3 is 6.61 Å². The van der Waals surface area contributed by atoms with Gasteiger partial charge in [0.1, 0.15) is 5.75 Å². The normalized spacial score (nSPS) is 12.8. The molecule has 0 aliphatic carbocycles. The molecule has 0 amide bonds. The zero-order valence-corrected chi connectivity index (χ0v) is 9.95. The first-order valence-corrected chi connectivity index (χ1v) is 5.41. The van der Waals surface area contributed by atoms with Gasteiger partial charge in [0.25, 0.3) is 0 Å². The van der Waals surface area contributed by atoms with Gasteiger partial charge in [0.15, 0.2) is 0 Å². The minimum Gasteiger partial charge on any atom is -0.434 e. The van der Waals surface area contributed by atoms with Gasteiger partial charge in [-0.05, 0) is 13.0 Å². The molecular weight excluding hydrogens is 228 g/mol. The van der Waals surface area contributed by atoms with Crippen molar-refractivity contribution in [1.82, 2.24) is 5.32 Å². The standard InChI is InChI=1S/C12H17F2NO2/c1-9(15-7-8-16-2)10-5-3-4-6-11(10)17-12(13)14/h3-6,9,12,15H,7-8H2,1-2H3. The minimum atomic E-state index is -2.80. The fraction of sp³-hybridized carbons (Fsp3) is 0.500. The van der Waals surface area contributed by atoms with Crippen LogP contribution in [0.25, 0.3) is 0 Å². The number of rotatable bonds is 7. The summed E-state index contributed by atoms with van der Waals surface area (Å²) in [4.78, 5) is 0. The van der Waals surface area contributed by atoms with Crippen molar-refractivity contribution in [2.75, 3.05) is 20.3 Å². The van der Waals surface area contributed by atoms with Crippen molar-refractivity contribution in [1.29, 1.82) is 0 Å². The second kappa shape index (κ2) is 7.19. The van der Waals surface area contributed by atoms with E-state index in [2.05, 4.69) is 10.1 Å². The maximum Gasteiger partial charge on any atom is 0.387 e. The van der Waals surface area contributed by atoms with Gasteiger partial charge in [-0.3, -0.25) is 0 Å². The summed E-state index contributed by atoms with van der Waals surface area (Å²) in [6, 6.07) is 6.70. The van der Waals surface area contributed by atoms with Crippen LogP contribution in [0.4, 0.5) is 8.78 Å². The molecule has 17 heavy (non-hydrogen) atoms. The van der Waals surface area contributed by atoms with Crippen LogP contribution >= 0.6 is 0 Å². The molecule has 1 aromatic rings. The summed E-state index contributed by atoms with van der Waals surface area (Å²) >= 11 is 0. The van der Waals surface area contributed by atoms with E-state index in [1.54, 1.807) is 25.3 Å². The lowest BCUT2D eigenvalue weighted by atomic mass is 10.1. The highest BCUT2D eigenvalue weighted by Gasteiger charge is 2.13. The Hall–Kier alpha value is -1.20. The van der Waals surface area contributed by atoms with Gasteiger partial charge in [-0.2, -0.15) is 8.78 Å². The molecule has 0 aromatic heterocycles. The van der Waals surface area contributed by atoms with E-state index >= 15 is 0 Å². The van der Waals surface area contributed by atoms with Crippen molar-refractivity contribution in [3.8, 4) is 5.75 Å². The van der Waals surface area contributed by atoms with Crippen molar-refractivity contribution in [3.63, 3.8) is 0 Å². The summed E-state index contributed by atoms with van der Waals surface area (Å²) in [5.74, 6) is 0.208. The van der Waals surface area contributed by atoms with Gasteiger partial charge in [-0.15, -0.1) is 0 Å².